The number of nitrogens with zero attached hydrogens (tertiary/aromatic N) is 6. The van der Waals surface area contributed by atoms with Crippen LogP contribution >= 0.6 is 0 Å². The monoisotopic (exact) mass is 1230 g/mol. The average Bonchev–Trinajstić information content (AvgIpc) is 3.32. The zero-order valence-electron chi connectivity index (χ0n) is 43.8. The summed E-state index contributed by atoms with van der Waals surface area (Å²) in [6.45, 7) is 0. The second-order valence-corrected chi connectivity index (χ2v) is 20.7. The normalized spacial score (nSPS) is 11.8. The van der Waals surface area contributed by atoms with Gasteiger partial charge in [-0.25, -0.2) is 4.98 Å². The first-order valence-corrected chi connectivity index (χ1v) is 27.3. The molecule has 82 heavy (non-hydrogen) atoms. The number of para-hydroxylation sites is 8. The maximum absolute atomic E-state index is 7.13. The van der Waals surface area contributed by atoms with E-state index in [9.17, 15) is 0 Å². The molecule has 0 saturated carbocycles. The maximum Gasteiger partial charge on any atom is 2.00 e. The van der Waals surface area contributed by atoms with Gasteiger partial charge in [0.1, 0.15) is 5.58 Å². The van der Waals surface area contributed by atoms with Gasteiger partial charge >= 0.3 is 21.1 Å². The van der Waals surface area contributed by atoms with Crippen LogP contribution in [0.2, 0.25) is 0 Å². The van der Waals surface area contributed by atoms with Gasteiger partial charge in [-0.3, -0.25) is 9.55 Å². The number of aromatic nitrogens is 6. The first-order chi connectivity index (χ1) is 40.2. The summed E-state index contributed by atoms with van der Waals surface area (Å²) in [7, 11) is 0. The fourth-order valence-electron chi connectivity index (χ4n) is 12.6. The number of imidazole rings is 2. The Morgan fingerprint density at radius 2 is 0.829 bits per heavy atom. The quantitative estimate of drug-likeness (QED) is 0.142. The Bertz CT molecular complexity index is 5360. The van der Waals surface area contributed by atoms with E-state index in [1.165, 1.54) is 0 Å². The van der Waals surface area contributed by atoms with Crippen molar-refractivity contribution in [3.05, 3.63) is 279 Å². The van der Waals surface area contributed by atoms with E-state index in [1.54, 1.807) is 0 Å². The number of hydrogen-bond donors (Lipinski definition) is 0. The van der Waals surface area contributed by atoms with Crippen LogP contribution in [-0.2, 0) is 21.1 Å². The summed E-state index contributed by atoms with van der Waals surface area (Å²) in [5.41, 5.74) is 19.3. The Kier molecular flexibility index (Phi) is 11.0. The van der Waals surface area contributed by atoms with Crippen LogP contribution in [0.25, 0.3) is 155 Å². The van der Waals surface area contributed by atoms with Crippen molar-refractivity contribution in [2.45, 2.75) is 0 Å². The third-order valence-corrected chi connectivity index (χ3v) is 16.2. The van der Waals surface area contributed by atoms with Gasteiger partial charge in [-0.05, 0) is 99.4 Å². The smallest absolute Gasteiger partial charge is 0.501 e. The van der Waals surface area contributed by atoms with Crippen LogP contribution < -0.4 is 0 Å². The molecule has 0 amide bonds. The zero-order chi connectivity index (χ0) is 53.1. The van der Waals surface area contributed by atoms with E-state index in [1.807, 2.05) is 0 Å². The standard InChI is InChI=1S/C74H44N6O.Pt/c1-4-22-47(23-5-1)50-40-41-71-58(42-50)59-43-51(44-60(72(59)81-71)73-75-61-32-14-20-38-67(61)78(73)63-34-16-10-28-52(63)48-24-6-2-7-25-48)77-65-36-18-12-30-54(65)56-45-57-55-31-13-19-37-66(55)80(70(57)46-69(56)77)74-76-62-33-15-21-39-68(62)79(74)64-35-17-11-29-53(64)49-26-8-3-9-27-49;/h1-43,45H;/q-2;+2. The number of fused-ring (bicyclic) bond motifs is 11. The van der Waals surface area contributed by atoms with E-state index < -0.39 is 0 Å². The van der Waals surface area contributed by atoms with E-state index in [0.29, 0.717) is 5.58 Å². The molecule has 8 heteroatoms. The van der Waals surface area contributed by atoms with Gasteiger partial charge in [0.2, 0.25) is 5.95 Å². The third-order valence-electron chi connectivity index (χ3n) is 16.2. The molecule has 17 aromatic rings. The molecule has 5 aromatic heterocycles. The molecule has 7 nitrogen and oxygen atoms in total. The fraction of sp³-hybridized carbons (Fsp3) is 0. The van der Waals surface area contributed by atoms with Crippen molar-refractivity contribution in [2.75, 3.05) is 0 Å². The molecule has 0 fully saturated rings. The van der Waals surface area contributed by atoms with Gasteiger partial charge in [0, 0.05) is 33.2 Å². The van der Waals surface area contributed by atoms with Gasteiger partial charge in [0.25, 0.3) is 0 Å². The molecule has 0 aliphatic rings. The minimum atomic E-state index is 0. The summed E-state index contributed by atoms with van der Waals surface area (Å²) in [5, 5.41) is 6.32. The topological polar surface area (TPSA) is 58.6 Å². The predicted molar refractivity (Wildman–Crippen MR) is 331 cm³/mol. The summed E-state index contributed by atoms with van der Waals surface area (Å²) in [4.78, 5) is 11.1. The Morgan fingerprint density at radius 1 is 0.329 bits per heavy atom. The Balaban J connectivity index is 0.00000553. The first-order valence-electron chi connectivity index (χ1n) is 27.3. The van der Waals surface area contributed by atoms with Crippen LogP contribution in [0.1, 0.15) is 0 Å². The predicted octanol–water partition coefficient (Wildman–Crippen LogP) is 18.7. The fourth-order valence-corrected chi connectivity index (χ4v) is 12.6. The molecule has 0 aliphatic carbocycles. The van der Waals surface area contributed by atoms with Gasteiger partial charge in [0.05, 0.1) is 39.2 Å². The van der Waals surface area contributed by atoms with Crippen LogP contribution in [0.5, 0.6) is 0 Å². The minimum Gasteiger partial charge on any atom is -0.501 e. The van der Waals surface area contributed by atoms with Crippen molar-refractivity contribution in [3.8, 4) is 67.8 Å². The molecule has 17 rings (SSSR count). The summed E-state index contributed by atoms with van der Waals surface area (Å²) < 4.78 is 16.4. The van der Waals surface area contributed by atoms with Gasteiger partial charge in [-0.1, -0.05) is 216 Å². The molecule has 386 valence electrons. The molecule has 0 aliphatic heterocycles. The molecule has 0 N–H and O–H groups in total. The van der Waals surface area contributed by atoms with E-state index in [0.717, 1.165) is 150 Å². The maximum atomic E-state index is 7.13. The van der Waals surface area contributed by atoms with Crippen molar-refractivity contribution in [1.29, 1.82) is 0 Å². The van der Waals surface area contributed by atoms with Crippen molar-refractivity contribution in [2.24, 2.45) is 0 Å². The molecule has 0 atom stereocenters. The van der Waals surface area contributed by atoms with E-state index in [4.69, 9.17) is 14.4 Å². The number of rotatable bonds is 8. The SMILES string of the molecule is [Pt+2].[c-]1c(-n2c3[c-]c4c(cc3c3ccccc32)c2ccccc2n4-c2nc3ccccc3n2-c2ccccc2-c2ccccc2)cc2c(oc3ccc(-c4ccccc4)cc32)c1-c1nc2ccccc2n1-c1ccccc1-c1ccccc1. The summed E-state index contributed by atoms with van der Waals surface area (Å²) in [6.07, 6.45) is 0. The van der Waals surface area contributed by atoms with E-state index in [-0.39, 0.29) is 21.1 Å². The average molecular weight is 1230 g/mol. The summed E-state index contributed by atoms with van der Waals surface area (Å²) in [6, 6.07) is 103. The second-order valence-electron chi connectivity index (χ2n) is 20.7. The zero-order valence-corrected chi connectivity index (χ0v) is 46.1. The summed E-state index contributed by atoms with van der Waals surface area (Å²) in [5.74, 6) is 1.49. The molecule has 12 aromatic carbocycles. The Morgan fingerprint density at radius 3 is 1.48 bits per heavy atom. The van der Waals surface area contributed by atoms with Gasteiger partial charge in [-0.2, -0.15) is 6.07 Å². The van der Waals surface area contributed by atoms with Gasteiger partial charge < -0.3 is 18.1 Å². The van der Waals surface area contributed by atoms with Crippen LogP contribution in [0.3, 0.4) is 0 Å². The molecule has 5 heterocycles. The second kappa shape index (κ2) is 18.9. The largest absolute Gasteiger partial charge is 2.00 e. The van der Waals surface area contributed by atoms with Crippen LogP contribution in [0, 0.1) is 12.1 Å². The minimum absolute atomic E-state index is 0. The van der Waals surface area contributed by atoms with Crippen LogP contribution in [0.15, 0.2) is 271 Å². The molecule has 0 spiro atoms. The number of hydrogen-bond acceptors (Lipinski definition) is 3. The van der Waals surface area contributed by atoms with Gasteiger partial charge in [0.15, 0.2) is 0 Å². The van der Waals surface area contributed by atoms with E-state index in [2.05, 4.69) is 297 Å². The van der Waals surface area contributed by atoms with Crippen LogP contribution in [-0.4, -0.2) is 28.2 Å². The first kappa shape index (κ1) is 47.6. The molecule has 0 radical (unpaired) electrons. The molecule has 0 bridgehead atoms. The number of benzene rings is 12. The summed E-state index contributed by atoms with van der Waals surface area (Å²) >= 11 is 0. The molecule has 0 unspecified atom stereocenters. The number of furan rings is 1. The Labute approximate surface area is 485 Å². The van der Waals surface area contributed by atoms with Crippen molar-refractivity contribution in [1.82, 2.24) is 28.2 Å². The Hall–Kier alpha value is -10.3. The van der Waals surface area contributed by atoms with E-state index >= 15 is 0 Å². The van der Waals surface area contributed by atoms with Crippen molar-refractivity contribution >= 4 is 87.6 Å². The van der Waals surface area contributed by atoms with Crippen molar-refractivity contribution < 1.29 is 25.5 Å². The van der Waals surface area contributed by atoms with Crippen molar-refractivity contribution in [3.63, 3.8) is 0 Å². The molecule has 0 saturated heterocycles. The molecular formula is C74H44N6OPt. The third kappa shape index (κ3) is 7.26. The molecular weight excluding hydrogens is 1180 g/mol. The van der Waals surface area contributed by atoms with Crippen LogP contribution in [0.4, 0.5) is 0 Å². The van der Waals surface area contributed by atoms with Gasteiger partial charge in [-0.15, -0.1) is 29.0 Å².